The molecule has 0 heterocycles. The molecule has 156 valence electrons. The number of aliphatic hydroxyl groups excluding tert-OH is 1. The monoisotopic (exact) mass is 405 g/mol. The van der Waals surface area contributed by atoms with Crippen LogP contribution in [0.3, 0.4) is 0 Å². The Balaban J connectivity index is 0.00000119. The molecule has 0 saturated carbocycles. The highest BCUT2D eigenvalue weighted by Crippen LogP contribution is 2.31. The number of phenols is 1. The number of hydrogen-bond donors (Lipinski definition) is 4. The molecule has 9 heteroatoms. The van der Waals surface area contributed by atoms with Crippen molar-refractivity contribution in [2.75, 3.05) is 12.8 Å². The van der Waals surface area contributed by atoms with Gasteiger partial charge in [0.05, 0.1) is 17.8 Å². The maximum absolute atomic E-state index is 11.8. The number of β-amino-alcohol motifs (C(OH)–C–C–N with tert-alkyl or cyclic N) is 1. The molecule has 1 aromatic rings. The summed E-state index contributed by atoms with van der Waals surface area (Å²) < 4.78 is 31.0. The van der Waals surface area contributed by atoms with E-state index in [-0.39, 0.29) is 17.0 Å². The molecular formula is C18H31NO7S. The third-order valence-corrected chi connectivity index (χ3v) is 3.01. The fourth-order valence-corrected chi connectivity index (χ4v) is 1.60. The lowest BCUT2D eigenvalue weighted by Crippen LogP contribution is -2.38. The Hall–Kier alpha value is -1.68. The predicted octanol–water partition coefficient (Wildman–Crippen LogP) is 2.27. The summed E-state index contributed by atoms with van der Waals surface area (Å²) in [6.07, 6.45) is -0.0370. The Labute approximate surface area is 161 Å². The van der Waals surface area contributed by atoms with E-state index in [9.17, 15) is 23.4 Å². The van der Waals surface area contributed by atoms with Crippen molar-refractivity contribution in [3.63, 3.8) is 0 Å². The highest BCUT2D eigenvalue weighted by Gasteiger charge is 2.25. The second-order valence-corrected chi connectivity index (χ2v) is 9.71. The number of aromatic hydroxyl groups is 1. The molecule has 1 aromatic carbocycles. The maximum Gasteiger partial charge on any atom is 0.316 e. The van der Waals surface area contributed by atoms with Gasteiger partial charge in [0, 0.05) is 12.1 Å². The van der Waals surface area contributed by atoms with Gasteiger partial charge in [-0.1, -0.05) is 6.07 Å². The van der Waals surface area contributed by atoms with Crippen LogP contribution in [0.15, 0.2) is 18.2 Å². The number of aliphatic hydroxyl groups is 1. The Bertz CT molecular complexity index is 723. The first-order valence-electron chi connectivity index (χ1n) is 8.31. The second-order valence-electron chi connectivity index (χ2n) is 8.25. The van der Waals surface area contributed by atoms with E-state index in [0.717, 1.165) is 0 Å². The molecule has 0 spiro atoms. The smallest absolute Gasteiger partial charge is 0.316 e. The number of nitrogens with one attached hydrogen (secondary N) is 1. The molecule has 0 amide bonds. The minimum absolute atomic E-state index is 0.0969. The van der Waals surface area contributed by atoms with Crippen LogP contribution in [0.1, 0.15) is 53.2 Å². The van der Waals surface area contributed by atoms with Crippen molar-refractivity contribution in [3.05, 3.63) is 23.8 Å². The number of rotatable bonds is 4. The van der Waals surface area contributed by atoms with Crippen molar-refractivity contribution in [2.45, 2.75) is 53.2 Å². The molecular weight excluding hydrogens is 374 g/mol. The van der Waals surface area contributed by atoms with Crippen LogP contribution in [0.5, 0.6) is 11.5 Å². The minimum Gasteiger partial charge on any atom is -0.504 e. The van der Waals surface area contributed by atoms with Gasteiger partial charge < -0.3 is 20.3 Å². The van der Waals surface area contributed by atoms with Crippen molar-refractivity contribution in [2.24, 2.45) is 5.41 Å². The molecule has 0 aromatic heterocycles. The van der Waals surface area contributed by atoms with Gasteiger partial charge in [-0.05, 0) is 59.2 Å². The highest BCUT2D eigenvalue weighted by atomic mass is 32.2. The molecule has 0 aliphatic heterocycles. The van der Waals surface area contributed by atoms with Crippen molar-refractivity contribution in [1.29, 1.82) is 0 Å². The van der Waals surface area contributed by atoms with E-state index in [0.29, 0.717) is 18.4 Å². The lowest BCUT2D eigenvalue weighted by molar-refractivity contribution is -0.143. The van der Waals surface area contributed by atoms with Crippen molar-refractivity contribution < 1.29 is 32.7 Å². The van der Waals surface area contributed by atoms with Gasteiger partial charge in [0.1, 0.15) is 0 Å². The number of phenolic OH excluding ortho intramolecular Hbond substituents is 1. The summed E-state index contributed by atoms with van der Waals surface area (Å²) in [6.45, 7) is 11.6. The average molecular weight is 406 g/mol. The SMILES string of the molecule is CC(C)(C)NC[C@H](O)c1ccc(OC(=O)C(C)(C)C)c(O)c1.CS(=O)(=O)O. The first-order valence-corrected chi connectivity index (χ1v) is 10.2. The van der Waals surface area contributed by atoms with E-state index in [1.165, 1.54) is 12.1 Å². The van der Waals surface area contributed by atoms with Crippen LogP contribution in [0, 0.1) is 5.41 Å². The highest BCUT2D eigenvalue weighted by molar-refractivity contribution is 7.85. The lowest BCUT2D eigenvalue weighted by Gasteiger charge is -2.23. The van der Waals surface area contributed by atoms with Crippen LogP contribution in [-0.4, -0.2) is 47.5 Å². The number of ether oxygens (including phenoxy) is 1. The summed E-state index contributed by atoms with van der Waals surface area (Å²) in [7, 11) is -3.67. The van der Waals surface area contributed by atoms with Crippen LogP contribution in [0.25, 0.3) is 0 Å². The Morgan fingerprint density at radius 3 is 2.04 bits per heavy atom. The van der Waals surface area contributed by atoms with Gasteiger partial charge in [-0.2, -0.15) is 8.42 Å². The van der Waals surface area contributed by atoms with Gasteiger partial charge in [-0.3, -0.25) is 9.35 Å². The summed E-state index contributed by atoms with van der Waals surface area (Å²) in [6, 6.07) is 4.55. The van der Waals surface area contributed by atoms with E-state index in [2.05, 4.69) is 5.32 Å². The standard InChI is InChI=1S/C17H27NO4.CH4O3S/c1-16(2,3)15(21)22-14-8-7-11(9-12(14)19)13(20)10-18-17(4,5)6;1-5(2,3)4/h7-9,13,18-20H,10H2,1-6H3;1H3,(H,2,3,4)/t13-;/m0./s1. The van der Waals surface area contributed by atoms with E-state index in [4.69, 9.17) is 9.29 Å². The van der Waals surface area contributed by atoms with Crippen molar-refractivity contribution in [3.8, 4) is 11.5 Å². The second kappa shape index (κ2) is 9.50. The predicted molar refractivity (Wildman–Crippen MR) is 103 cm³/mol. The first-order chi connectivity index (χ1) is 11.9. The molecule has 0 aliphatic rings. The zero-order chi connectivity index (χ0) is 21.6. The number of benzene rings is 1. The van der Waals surface area contributed by atoms with Gasteiger partial charge in [0.15, 0.2) is 11.5 Å². The zero-order valence-electron chi connectivity index (χ0n) is 16.9. The van der Waals surface area contributed by atoms with E-state index >= 15 is 0 Å². The Morgan fingerprint density at radius 1 is 1.19 bits per heavy atom. The Morgan fingerprint density at radius 2 is 1.67 bits per heavy atom. The molecule has 4 N–H and O–H groups in total. The molecule has 0 unspecified atom stereocenters. The fraction of sp³-hybridized carbons (Fsp3) is 0.611. The molecule has 0 saturated heterocycles. The summed E-state index contributed by atoms with van der Waals surface area (Å²) >= 11 is 0. The van der Waals surface area contributed by atoms with Crippen LogP contribution in [-0.2, 0) is 14.9 Å². The molecule has 27 heavy (non-hydrogen) atoms. The number of carbonyl (C=O) groups excluding carboxylic acids is 1. The topological polar surface area (TPSA) is 133 Å². The van der Waals surface area contributed by atoms with Gasteiger partial charge in [-0.25, -0.2) is 0 Å². The fourth-order valence-electron chi connectivity index (χ4n) is 1.60. The van der Waals surface area contributed by atoms with Gasteiger partial charge in [0.25, 0.3) is 10.1 Å². The quantitative estimate of drug-likeness (QED) is 0.341. The van der Waals surface area contributed by atoms with Crippen molar-refractivity contribution >= 4 is 16.1 Å². The maximum atomic E-state index is 11.8. The molecule has 0 fully saturated rings. The summed E-state index contributed by atoms with van der Waals surface area (Å²) in [5.74, 6) is -0.491. The van der Waals surface area contributed by atoms with E-state index in [1.54, 1.807) is 26.8 Å². The van der Waals surface area contributed by atoms with Crippen LogP contribution >= 0.6 is 0 Å². The Kier molecular flexibility index (Phi) is 8.91. The molecule has 0 radical (unpaired) electrons. The zero-order valence-corrected chi connectivity index (χ0v) is 17.7. The van der Waals surface area contributed by atoms with Gasteiger partial charge in [0.2, 0.25) is 0 Å². The van der Waals surface area contributed by atoms with Crippen LogP contribution < -0.4 is 10.1 Å². The average Bonchev–Trinajstić information content (AvgIpc) is 2.43. The number of hydrogen-bond acceptors (Lipinski definition) is 7. The third kappa shape index (κ3) is 12.4. The summed E-state index contributed by atoms with van der Waals surface area (Å²) in [5.41, 5.74) is -0.197. The lowest BCUT2D eigenvalue weighted by atomic mass is 9.97. The van der Waals surface area contributed by atoms with Crippen LogP contribution in [0.4, 0.5) is 0 Å². The normalized spacial score (nSPS) is 13.4. The summed E-state index contributed by atoms with van der Waals surface area (Å²) in [4.78, 5) is 11.8. The molecule has 1 rings (SSSR count). The van der Waals surface area contributed by atoms with Gasteiger partial charge >= 0.3 is 5.97 Å². The summed E-state index contributed by atoms with van der Waals surface area (Å²) in [5, 5.41) is 23.3. The largest absolute Gasteiger partial charge is 0.504 e. The number of esters is 1. The number of carbonyl (C=O) groups is 1. The minimum atomic E-state index is -3.67. The third-order valence-electron chi connectivity index (χ3n) is 3.01. The molecule has 1 atom stereocenters. The first kappa shape index (κ1) is 25.3. The van der Waals surface area contributed by atoms with Crippen LogP contribution in [0.2, 0.25) is 0 Å². The van der Waals surface area contributed by atoms with E-state index < -0.39 is 27.6 Å². The molecule has 8 nitrogen and oxygen atoms in total. The van der Waals surface area contributed by atoms with Crippen molar-refractivity contribution in [1.82, 2.24) is 5.32 Å². The molecule has 0 bridgehead atoms. The van der Waals surface area contributed by atoms with Gasteiger partial charge in [-0.15, -0.1) is 0 Å². The molecule has 0 aliphatic carbocycles. The van der Waals surface area contributed by atoms with E-state index in [1.807, 2.05) is 20.8 Å².